The monoisotopic (exact) mass is 324 g/mol. The number of anilines is 1. The van der Waals surface area contributed by atoms with Crippen LogP contribution in [0, 0.1) is 11.3 Å². The SMILES string of the molecule is N#CCCN(C(=O)C(Cl)(Cl)Cl)c1cccc(Cl)c1. The Morgan fingerprint density at radius 1 is 1.39 bits per heavy atom. The molecule has 1 aromatic carbocycles. The highest BCUT2D eigenvalue weighted by Gasteiger charge is 2.35. The number of carbonyl (C=O) groups excluding carboxylic acids is 1. The smallest absolute Gasteiger partial charge is 0.279 e. The molecular formula is C11H8Cl4N2O. The Hall–Kier alpha value is -0.660. The Labute approximate surface area is 125 Å². The molecule has 1 amide bonds. The molecule has 0 aliphatic heterocycles. The van der Waals surface area contributed by atoms with Gasteiger partial charge in [0, 0.05) is 17.3 Å². The van der Waals surface area contributed by atoms with Crippen molar-refractivity contribution in [1.82, 2.24) is 0 Å². The number of halogens is 4. The molecule has 96 valence electrons. The number of amides is 1. The number of nitriles is 1. The van der Waals surface area contributed by atoms with Crippen molar-refractivity contribution in [2.24, 2.45) is 0 Å². The van der Waals surface area contributed by atoms with Crippen molar-refractivity contribution in [3.8, 4) is 6.07 Å². The summed E-state index contributed by atoms with van der Waals surface area (Å²) in [5.74, 6) is -0.718. The van der Waals surface area contributed by atoms with Crippen LogP contribution >= 0.6 is 46.4 Å². The summed E-state index contributed by atoms with van der Waals surface area (Å²) < 4.78 is -2.07. The number of nitrogens with zero attached hydrogens (tertiary/aromatic N) is 2. The molecule has 0 radical (unpaired) electrons. The fourth-order valence-corrected chi connectivity index (χ4v) is 1.80. The van der Waals surface area contributed by atoms with E-state index in [1.54, 1.807) is 24.3 Å². The van der Waals surface area contributed by atoms with Crippen LogP contribution in [0.25, 0.3) is 0 Å². The molecule has 0 spiro atoms. The van der Waals surface area contributed by atoms with Crippen molar-refractivity contribution in [2.45, 2.75) is 10.2 Å². The summed E-state index contributed by atoms with van der Waals surface area (Å²) in [6, 6.07) is 8.48. The van der Waals surface area contributed by atoms with Crippen LogP contribution in [0.5, 0.6) is 0 Å². The fourth-order valence-electron chi connectivity index (χ4n) is 1.31. The van der Waals surface area contributed by atoms with Gasteiger partial charge in [0.1, 0.15) is 0 Å². The summed E-state index contributed by atoms with van der Waals surface area (Å²) in [6.45, 7) is 0.129. The van der Waals surface area contributed by atoms with E-state index in [2.05, 4.69) is 0 Å². The molecule has 7 heteroatoms. The minimum atomic E-state index is -2.07. The zero-order valence-electron chi connectivity index (χ0n) is 9.04. The molecule has 3 nitrogen and oxygen atoms in total. The molecule has 0 unspecified atom stereocenters. The van der Waals surface area contributed by atoms with E-state index in [0.717, 1.165) is 0 Å². The van der Waals surface area contributed by atoms with E-state index in [0.29, 0.717) is 10.7 Å². The summed E-state index contributed by atoms with van der Waals surface area (Å²) in [7, 11) is 0. The predicted octanol–water partition coefficient (Wildman–Crippen LogP) is 3.96. The molecular weight excluding hydrogens is 318 g/mol. The number of hydrogen-bond acceptors (Lipinski definition) is 2. The van der Waals surface area contributed by atoms with Gasteiger partial charge in [0.25, 0.3) is 9.70 Å². The first-order valence-corrected chi connectivity index (χ1v) is 6.38. The van der Waals surface area contributed by atoms with Crippen molar-refractivity contribution in [3.05, 3.63) is 29.3 Å². The van der Waals surface area contributed by atoms with Crippen LogP contribution in [0.2, 0.25) is 5.02 Å². The number of alkyl halides is 3. The first-order valence-electron chi connectivity index (χ1n) is 4.87. The summed E-state index contributed by atoms with van der Waals surface area (Å²) in [5.41, 5.74) is 0.481. The zero-order chi connectivity index (χ0) is 13.8. The highest BCUT2D eigenvalue weighted by atomic mass is 35.6. The molecule has 0 aliphatic rings. The first kappa shape index (κ1) is 15.4. The molecule has 0 heterocycles. The highest BCUT2D eigenvalue weighted by molar-refractivity contribution is 6.77. The van der Waals surface area contributed by atoms with E-state index in [1.165, 1.54) is 4.90 Å². The molecule has 1 aromatic rings. The molecule has 0 aromatic heterocycles. The van der Waals surface area contributed by atoms with Gasteiger partial charge in [0.05, 0.1) is 12.5 Å². The lowest BCUT2D eigenvalue weighted by Crippen LogP contribution is -2.40. The predicted molar refractivity (Wildman–Crippen MR) is 74.3 cm³/mol. The summed E-state index contributed by atoms with van der Waals surface area (Å²) in [4.78, 5) is 13.2. The largest absolute Gasteiger partial charge is 0.308 e. The number of benzene rings is 1. The Morgan fingerprint density at radius 3 is 2.56 bits per heavy atom. The standard InChI is InChI=1S/C11H8Cl4N2O/c12-8-3-1-4-9(7-8)17(6-2-5-16)10(18)11(13,14)15/h1,3-4,7H,2,6H2. The third-order valence-corrected chi connectivity index (χ3v) is 2.77. The van der Waals surface area contributed by atoms with Crippen molar-refractivity contribution >= 4 is 58.0 Å². The molecule has 0 saturated heterocycles. The second kappa shape index (κ2) is 6.49. The maximum atomic E-state index is 12.0. The third kappa shape index (κ3) is 4.22. The van der Waals surface area contributed by atoms with E-state index < -0.39 is 9.70 Å². The van der Waals surface area contributed by atoms with Gasteiger partial charge < -0.3 is 4.90 Å². The third-order valence-electron chi connectivity index (χ3n) is 2.05. The van der Waals surface area contributed by atoms with Gasteiger partial charge in [-0.3, -0.25) is 4.79 Å². The van der Waals surface area contributed by atoms with Gasteiger partial charge in [-0.2, -0.15) is 5.26 Å². The van der Waals surface area contributed by atoms with Gasteiger partial charge in [-0.15, -0.1) is 0 Å². The van der Waals surface area contributed by atoms with Crippen LogP contribution in [0.15, 0.2) is 24.3 Å². The average Bonchev–Trinajstić information content (AvgIpc) is 2.28. The van der Waals surface area contributed by atoms with Crippen molar-refractivity contribution < 1.29 is 4.79 Å². The lowest BCUT2D eigenvalue weighted by molar-refractivity contribution is -0.117. The lowest BCUT2D eigenvalue weighted by Gasteiger charge is -2.25. The fraction of sp³-hybridized carbons (Fsp3) is 0.273. The van der Waals surface area contributed by atoms with E-state index in [-0.39, 0.29) is 13.0 Å². The minimum Gasteiger partial charge on any atom is -0.308 e. The van der Waals surface area contributed by atoms with Crippen LogP contribution < -0.4 is 4.90 Å². The summed E-state index contributed by atoms with van der Waals surface area (Å²) >= 11 is 22.6. The topological polar surface area (TPSA) is 44.1 Å². The van der Waals surface area contributed by atoms with E-state index >= 15 is 0 Å². The minimum absolute atomic E-state index is 0.124. The van der Waals surface area contributed by atoms with Gasteiger partial charge in [-0.1, -0.05) is 52.5 Å². The van der Waals surface area contributed by atoms with Gasteiger partial charge >= 0.3 is 0 Å². The van der Waals surface area contributed by atoms with E-state index in [1.807, 2.05) is 6.07 Å². The highest BCUT2D eigenvalue weighted by Crippen LogP contribution is 2.31. The van der Waals surface area contributed by atoms with Crippen LogP contribution in [0.4, 0.5) is 5.69 Å². The van der Waals surface area contributed by atoms with Crippen LogP contribution in [0.1, 0.15) is 6.42 Å². The molecule has 0 fully saturated rings. The number of rotatable bonds is 3. The number of carbonyl (C=O) groups is 1. The number of hydrogen-bond donors (Lipinski definition) is 0. The van der Waals surface area contributed by atoms with Crippen molar-refractivity contribution in [3.63, 3.8) is 0 Å². The van der Waals surface area contributed by atoms with Crippen LogP contribution in [-0.4, -0.2) is 16.2 Å². The zero-order valence-corrected chi connectivity index (χ0v) is 12.1. The Kier molecular flexibility index (Phi) is 5.55. The maximum absolute atomic E-state index is 12.0. The average molecular weight is 326 g/mol. The molecule has 0 bridgehead atoms. The van der Waals surface area contributed by atoms with Gasteiger partial charge in [-0.05, 0) is 18.2 Å². The van der Waals surface area contributed by atoms with Gasteiger partial charge in [-0.25, -0.2) is 0 Å². The lowest BCUT2D eigenvalue weighted by atomic mass is 10.2. The van der Waals surface area contributed by atoms with Crippen molar-refractivity contribution in [2.75, 3.05) is 11.4 Å². The quantitative estimate of drug-likeness (QED) is 0.789. The normalized spacial score (nSPS) is 10.8. The molecule has 0 saturated carbocycles. The summed E-state index contributed by atoms with van der Waals surface area (Å²) in [6.07, 6.45) is 0.124. The molecule has 0 atom stereocenters. The Morgan fingerprint density at radius 2 is 2.06 bits per heavy atom. The Bertz CT molecular complexity index is 479. The van der Waals surface area contributed by atoms with Crippen molar-refractivity contribution in [1.29, 1.82) is 5.26 Å². The van der Waals surface area contributed by atoms with Crippen LogP contribution in [0.3, 0.4) is 0 Å². The molecule has 0 aliphatic carbocycles. The Balaban J connectivity index is 3.06. The molecule has 0 N–H and O–H groups in total. The van der Waals surface area contributed by atoms with Crippen LogP contribution in [-0.2, 0) is 4.79 Å². The maximum Gasteiger partial charge on any atom is 0.279 e. The first-order chi connectivity index (χ1) is 8.36. The van der Waals surface area contributed by atoms with Gasteiger partial charge in [0.15, 0.2) is 0 Å². The summed E-state index contributed by atoms with van der Waals surface area (Å²) in [5, 5.41) is 9.04. The van der Waals surface area contributed by atoms with Gasteiger partial charge in [0.2, 0.25) is 0 Å². The second-order valence-electron chi connectivity index (χ2n) is 3.34. The second-order valence-corrected chi connectivity index (χ2v) is 6.06. The molecule has 1 rings (SSSR count). The van der Waals surface area contributed by atoms with E-state index in [4.69, 9.17) is 51.7 Å². The van der Waals surface area contributed by atoms with E-state index in [9.17, 15) is 4.79 Å². The molecule has 18 heavy (non-hydrogen) atoms.